The van der Waals surface area contributed by atoms with E-state index in [0.29, 0.717) is 17.5 Å². The lowest BCUT2D eigenvalue weighted by atomic mass is 9.91. The monoisotopic (exact) mass is 689 g/mol. The molecule has 0 unspecified atom stereocenters. The molecule has 0 aliphatic carbocycles. The molecule has 9 rings (SSSR count). The summed E-state index contributed by atoms with van der Waals surface area (Å²) in [6, 6.07) is 74.0. The van der Waals surface area contributed by atoms with Crippen LogP contribution >= 0.6 is 0 Å². The minimum Gasteiger partial charge on any atom is -0.208 e. The molecule has 254 valence electrons. The van der Waals surface area contributed by atoms with E-state index >= 15 is 0 Å². The molecule has 0 N–H and O–H groups in total. The first kappa shape index (κ1) is 32.7. The number of hydrogen-bond acceptors (Lipinski definition) is 3. The van der Waals surface area contributed by atoms with Crippen LogP contribution in [0.15, 0.2) is 212 Å². The number of benzene rings is 8. The van der Waals surface area contributed by atoms with E-state index in [1.54, 1.807) is 0 Å². The van der Waals surface area contributed by atoms with Gasteiger partial charge < -0.3 is 0 Å². The van der Waals surface area contributed by atoms with Gasteiger partial charge in [-0.05, 0) is 67.8 Å². The Bertz CT molecular complexity index is 2690. The van der Waals surface area contributed by atoms with E-state index in [1.165, 1.54) is 16.7 Å². The summed E-state index contributed by atoms with van der Waals surface area (Å²) in [5.41, 5.74) is 14.2. The summed E-state index contributed by atoms with van der Waals surface area (Å²) in [4.78, 5) is 15.6. The molecule has 0 saturated carbocycles. The van der Waals surface area contributed by atoms with Crippen molar-refractivity contribution >= 4 is 0 Å². The highest BCUT2D eigenvalue weighted by Gasteiger charge is 2.18. The zero-order chi connectivity index (χ0) is 36.1. The summed E-state index contributed by atoms with van der Waals surface area (Å²) < 4.78 is 0. The fourth-order valence-corrected chi connectivity index (χ4v) is 7.04. The second-order valence-corrected chi connectivity index (χ2v) is 13.2. The first-order chi connectivity index (χ1) is 26.8. The molecule has 0 aliphatic heterocycles. The Labute approximate surface area is 316 Å². The maximum absolute atomic E-state index is 5.23. The molecule has 0 atom stereocenters. The predicted octanol–water partition coefficient (Wildman–Crippen LogP) is 13.2. The van der Waals surface area contributed by atoms with Gasteiger partial charge in [-0.25, -0.2) is 15.0 Å². The van der Waals surface area contributed by atoms with E-state index in [1.807, 2.05) is 12.1 Å². The Morgan fingerprint density at radius 2 is 0.519 bits per heavy atom. The summed E-state index contributed by atoms with van der Waals surface area (Å²) in [6.07, 6.45) is 0. The molecule has 0 bridgehead atoms. The van der Waals surface area contributed by atoms with Crippen LogP contribution in [0.5, 0.6) is 0 Å². The highest BCUT2D eigenvalue weighted by molar-refractivity contribution is 5.91. The second-order valence-electron chi connectivity index (χ2n) is 13.2. The molecule has 0 amide bonds. The Hall–Kier alpha value is -7.23. The Kier molecular flexibility index (Phi) is 8.94. The van der Waals surface area contributed by atoms with E-state index in [2.05, 4.69) is 200 Å². The van der Waals surface area contributed by atoms with E-state index in [4.69, 9.17) is 15.0 Å². The van der Waals surface area contributed by atoms with Gasteiger partial charge in [-0.2, -0.15) is 0 Å². The van der Waals surface area contributed by atoms with Crippen molar-refractivity contribution in [3.8, 4) is 89.8 Å². The van der Waals surface area contributed by atoms with Gasteiger partial charge in [-0.3, -0.25) is 0 Å². The first-order valence-electron chi connectivity index (χ1n) is 18.2. The first-order valence-corrected chi connectivity index (χ1v) is 18.2. The highest BCUT2D eigenvalue weighted by Crippen LogP contribution is 2.38. The van der Waals surface area contributed by atoms with Crippen LogP contribution in [0, 0.1) is 0 Å². The summed E-state index contributed by atoms with van der Waals surface area (Å²) in [5.74, 6) is 1.86. The maximum Gasteiger partial charge on any atom is 0.164 e. The van der Waals surface area contributed by atoms with Gasteiger partial charge in [-0.1, -0.05) is 200 Å². The molecule has 1 aromatic heterocycles. The summed E-state index contributed by atoms with van der Waals surface area (Å²) in [6.45, 7) is 0. The van der Waals surface area contributed by atoms with Gasteiger partial charge in [0, 0.05) is 16.7 Å². The Balaban J connectivity index is 1.19. The topological polar surface area (TPSA) is 38.7 Å². The van der Waals surface area contributed by atoms with Crippen LogP contribution in [0.1, 0.15) is 0 Å². The minimum atomic E-state index is 0.620. The van der Waals surface area contributed by atoms with Gasteiger partial charge >= 0.3 is 0 Å². The molecule has 0 fully saturated rings. The Morgan fingerprint density at radius 1 is 0.185 bits per heavy atom. The quantitative estimate of drug-likeness (QED) is 0.159. The van der Waals surface area contributed by atoms with Crippen LogP contribution in [0.3, 0.4) is 0 Å². The molecule has 54 heavy (non-hydrogen) atoms. The molecule has 3 nitrogen and oxygen atoms in total. The number of rotatable bonds is 8. The zero-order valence-electron chi connectivity index (χ0n) is 29.5. The average Bonchev–Trinajstić information content (AvgIpc) is 3.27. The van der Waals surface area contributed by atoms with Gasteiger partial charge in [0.25, 0.3) is 0 Å². The minimum absolute atomic E-state index is 0.620. The van der Waals surface area contributed by atoms with Crippen LogP contribution in [-0.2, 0) is 0 Å². The van der Waals surface area contributed by atoms with Crippen LogP contribution in [0.25, 0.3) is 89.8 Å². The lowest BCUT2D eigenvalue weighted by Gasteiger charge is -2.15. The molecule has 9 aromatic rings. The summed E-state index contributed by atoms with van der Waals surface area (Å²) in [7, 11) is 0. The van der Waals surface area contributed by atoms with Crippen molar-refractivity contribution in [1.82, 2.24) is 15.0 Å². The van der Waals surface area contributed by atoms with Crippen LogP contribution in [0.2, 0.25) is 0 Å². The molecule has 8 aromatic carbocycles. The smallest absolute Gasteiger partial charge is 0.164 e. The molecule has 1 heterocycles. The van der Waals surface area contributed by atoms with Crippen molar-refractivity contribution in [2.45, 2.75) is 0 Å². The normalized spacial score (nSPS) is 11.0. The fourth-order valence-electron chi connectivity index (χ4n) is 7.04. The second kappa shape index (κ2) is 14.8. The highest BCUT2D eigenvalue weighted by atomic mass is 15.0. The molecule has 3 heteroatoms. The largest absolute Gasteiger partial charge is 0.208 e. The van der Waals surface area contributed by atoms with Crippen molar-refractivity contribution in [3.05, 3.63) is 212 Å². The Morgan fingerprint density at radius 3 is 1.11 bits per heavy atom. The van der Waals surface area contributed by atoms with E-state index in [0.717, 1.165) is 55.6 Å². The third-order valence-electron chi connectivity index (χ3n) is 9.78. The number of nitrogens with zero attached hydrogens (tertiary/aromatic N) is 3. The van der Waals surface area contributed by atoms with E-state index in [9.17, 15) is 0 Å². The predicted molar refractivity (Wildman–Crippen MR) is 223 cm³/mol. The molecular weight excluding hydrogens is 655 g/mol. The van der Waals surface area contributed by atoms with Crippen LogP contribution in [-0.4, -0.2) is 15.0 Å². The van der Waals surface area contributed by atoms with Gasteiger partial charge in [0.15, 0.2) is 17.5 Å². The maximum atomic E-state index is 5.23. The SMILES string of the molecule is c1ccc(-c2ccc(-c3nc(-c4cccc(-c5cccc(-c6ccccc6)c5)c4)nc(-c4ccccc4-c4ccccc4-c4ccccc4)n3)cc2)cc1. The van der Waals surface area contributed by atoms with Crippen molar-refractivity contribution < 1.29 is 0 Å². The van der Waals surface area contributed by atoms with Gasteiger partial charge in [0.05, 0.1) is 0 Å². The van der Waals surface area contributed by atoms with E-state index < -0.39 is 0 Å². The van der Waals surface area contributed by atoms with Crippen LogP contribution < -0.4 is 0 Å². The lowest BCUT2D eigenvalue weighted by Crippen LogP contribution is -2.01. The fraction of sp³-hybridized carbons (Fsp3) is 0. The van der Waals surface area contributed by atoms with Crippen molar-refractivity contribution in [3.63, 3.8) is 0 Å². The van der Waals surface area contributed by atoms with Crippen molar-refractivity contribution in [1.29, 1.82) is 0 Å². The number of hydrogen-bond donors (Lipinski definition) is 0. The third-order valence-corrected chi connectivity index (χ3v) is 9.78. The van der Waals surface area contributed by atoms with E-state index in [-0.39, 0.29) is 0 Å². The third kappa shape index (κ3) is 6.74. The average molecular weight is 690 g/mol. The zero-order valence-corrected chi connectivity index (χ0v) is 29.5. The molecular formula is C51H35N3. The van der Waals surface area contributed by atoms with Crippen LogP contribution in [0.4, 0.5) is 0 Å². The van der Waals surface area contributed by atoms with Crippen molar-refractivity contribution in [2.24, 2.45) is 0 Å². The standard InChI is InChI=1S/C51H35N3/c1-4-16-36(17-5-1)38-30-32-40(33-31-38)49-52-50(44-25-15-24-43(35-44)42-23-14-22-41(34-42)37-18-6-2-7-19-37)54-51(53-49)48-29-13-12-28-47(48)46-27-11-10-26-45(46)39-20-8-3-9-21-39/h1-35H. The van der Waals surface area contributed by atoms with Gasteiger partial charge in [0.2, 0.25) is 0 Å². The van der Waals surface area contributed by atoms with Gasteiger partial charge in [-0.15, -0.1) is 0 Å². The van der Waals surface area contributed by atoms with Crippen molar-refractivity contribution in [2.75, 3.05) is 0 Å². The summed E-state index contributed by atoms with van der Waals surface area (Å²) >= 11 is 0. The lowest BCUT2D eigenvalue weighted by molar-refractivity contribution is 1.07. The number of aromatic nitrogens is 3. The molecule has 0 radical (unpaired) electrons. The molecule has 0 aliphatic rings. The molecule has 0 saturated heterocycles. The molecule has 0 spiro atoms. The van der Waals surface area contributed by atoms with Gasteiger partial charge in [0.1, 0.15) is 0 Å². The summed E-state index contributed by atoms with van der Waals surface area (Å²) in [5, 5.41) is 0.